The molecule has 42 heavy (non-hydrogen) atoms. The van der Waals surface area contributed by atoms with Crippen molar-refractivity contribution in [2.75, 3.05) is 33.1 Å². The van der Waals surface area contributed by atoms with Crippen molar-refractivity contribution in [2.45, 2.75) is 43.3 Å². The van der Waals surface area contributed by atoms with Gasteiger partial charge in [-0.25, -0.2) is 22.0 Å². The summed E-state index contributed by atoms with van der Waals surface area (Å²) in [6.07, 6.45) is -3.33. The summed E-state index contributed by atoms with van der Waals surface area (Å²) in [6.45, 7) is 4.81. The Balaban J connectivity index is 1.79. The van der Waals surface area contributed by atoms with E-state index in [0.29, 0.717) is 25.1 Å². The van der Waals surface area contributed by atoms with E-state index in [2.05, 4.69) is 4.74 Å². The van der Waals surface area contributed by atoms with Crippen LogP contribution in [0.15, 0.2) is 65.6 Å². The largest absolute Gasteiger partial charge is 0.493 e. The number of alkyl halides is 3. The Kier molecular flexibility index (Phi) is 10.4. The number of esters is 1. The Labute approximate surface area is 242 Å². The van der Waals surface area contributed by atoms with Gasteiger partial charge in [0.1, 0.15) is 22.9 Å². The van der Waals surface area contributed by atoms with Crippen molar-refractivity contribution in [2.24, 2.45) is 0 Å². The molecule has 0 heterocycles. The molecule has 0 aliphatic rings. The Bertz CT molecular complexity index is 1510. The smallest absolute Gasteiger partial charge is 0.416 e. The molecule has 0 atom stereocenters. The van der Waals surface area contributed by atoms with Crippen molar-refractivity contribution in [3.63, 3.8) is 0 Å². The lowest BCUT2D eigenvalue weighted by molar-refractivity contribution is -0.137. The van der Waals surface area contributed by atoms with Crippen molar-refractivity contribution in [1.82, 2.24) is 4.90 Å². The minimum absolute atomic E-state index is 0.0102. The fraction of sp³-hybridized carbons (Fsp3) is 0.367. The fourth-order valence-corrected chi connectivity index (χ4v) is 5.46. The molecule has 3 aromatic carbocycles. The highest BCUT2D eigenvalue weighted by atomic mass is 32.2. The molecule has 3 rings (SSSR count). The number of hydrogen-bond donors (Lipinski definition) is 0. The zero-order chi connectivity index (χ0) is 31.3. The lowest BCUT2D eigenvalue weighted by atomic mass is 9.84. The number of ether oxygens (including phenoxy) is 2. The van der Waals surface area contributed by atoms with Crippen molar-refractivity contribution < 1.29 is 44.6 Å². The highest BCUT2D eigenvalue weighted by Gasteiger charge is 2.31. The molecule has 0 spiro atoms. The van der Waals surface area contributed by atoms with Gasteiger partial charge in [0.2, 0.25) is 0 Å². The molecule has 0 N–H and O–H groups in total. The van der Waals surface area contributed by atoms with Crippen molar-refractivity contribution in [3.8, 4) is 5.75 Å². The maximum absolute atomic E-state index is 14.7. The molecular formula is C30H32F5NO5S. The zero-order valence-electron chi connectivity index (χ0n) is 23.6. The summed E-state index contributed by atoms with van der Waals surface area (Å²) in [5.41, 5.74) is -0.710. The number of carbonyl (C=O) groups excluding carboxylic acids is 1. The van der Waals surface area contributed by atoms with Crippen LogP contribution in [0.4, 0.5) is 22.0 Å². The van der Waals surface area contributed by atoms with Crippen LogP contribution < -0.4 is 4.74 Å². The monoisotopic (exact) mass is 613 g/mol. The molecule has 0 aliphatic heterocycles. The van der Waals surface area contributed by atoms with Crippen LogP contribution in [-0.4, -0.2) is 52.3 Å². The Morgan fingerprint density at radius 2 is 1.62 bits per heavy atom. The van der Waals surface area contributed by atoms with Gasteiger partial charge in [-0.1, -0.05) is 44.2 Å². The van der Waals surface area contributed by atoms with Gasteiger partial charge in [0.05, 0.1) is 24.2 Å². The lowest BCUT2D eigenvalue weighted by Gasteiger charge is -2.33. The second-order valence-electron chi connectivity index (χ2n) is 10.5. The average Bonchev–Trinajstić information content (AvgIpc) is 2.89. The number of halogens is 5. The standard InChI is InChI=1S/C30H32F5NO5S/c1-29(2,21-9-11-23(31)12-10-21)19-36(18-20-7-5-8-22(15-20)30(33,34)35)13-6-14-41-24-16-25(32)27(28(37)40-3)26(17-24)42(4,38)39/h5,7-12,15-17H,6,13-14,18-19H2,1-4H3. The third-order valence-corrected chi connectivity index (χ3v) is 7.73. The van der Waals surface area contributed by atoms with Crippen LogP contribution in [0.25, 0.3) is 0 Å². The van der Waals surface area contributed by atoms with Crippen LogP contribution in [0, 0.1) is 11.6 Å². The molecule has 0 unspecified atom stereocenters. The third-order valence-electron chi connectivity index (χ3n) is 6.61. The summed E-state index contributed by atoms with van der Waals surface area (Å²) in [5, 5.41) is 0. The van der Waals surface area contributed by atoms with Gasteiger partial charge in [-0.15, -0.1) is 0 Å². The highest BCUT2D eigenvalue weighted by molar-refractivity contribution is 7.90. The minimum atomic E-state index is -4.49. The van der Waals surface area contributed by atoms with E-state index >= 15 is 0 Å². The third kappa shape index (κ3) is 8.75. The van der Waals surface area contributed by atoms with E-state index in [1.165, 1.54) is 18.2 Å². The van der Waals surface area contributed by atoms with Crippen molar-refractivity contribution >= 4 is 15.8 Å². The molecule has 0 aromatic heterocycles. The summed E-state index contributed by atoms with van der Waals surface area (Å²) in [6, 6.07) is 13.0. The Hall–Kier alpha value is -3.51. The van der Waals surface area contributed by atoms with E-state index in [0.717, 1.165) is 43.2 Å². The van der Waals surface area contributed by atoms with Crippen LogP contribution in [0.5, 0.6) is 5.75 Å². The topological polar surface area (TPSA) is 72.9 Å². The molecule has 0 aliphatic carbocycles. The van der Waals surface area contributed by atoms with Gasteiger partial charge in [-0.3, -0.25) is 4.90 Å². The highest BCUT2D eigenvalue weighted by Crippen LogP contribution is 2.31. The number of sulfone groups is 1. The van der Waals surface area contributed by atoms with E-state index < -0.39 is 49.2 Å². The van der Waals surface area contributed by atoms with Crippen LogP contribution in [-0.2, 0) is 32.7 Å². The van der Waals surface area contributed by atoms with Gasteiger partial charge >= 0.3 is 12.1 Å². The van der Waals surface area contributed by atoms with Crippen LogP contribution in [0.1, 0.15) is 47.3 Å². The molecule has 0 saturated carbocycles. The van der Waals surface area contributed by atoms with E-state index in [9.17, 15) is 35.2 Å². The van der Waals surface area contributed by atoms with E-state index in [-0.39, 0.29) is 24.7 Å². The summed E-state index contributed by atoms with van der Waals surface area (Å²) in [7, 11) is -3.01. The lowest BCUT2D eigenvalue weighted by Crippen LogP contribution is -2.37. The first kappa shape index (κ1) is 33.0. The summed E-state index contributed by atoms with van der Waals surface area (Å²) in [4.78, 5) is 13.3. The van der Waals surface area contributed by atoms with Gasteiger partial charge in [-0.2, -0.15) is 13.2 Å². The summed E-state index contributed by atoms with van der Waals surface area (Å²) in [5.74, 6) is -2.76. The minimum Gasteiger partial charge on any atom is -0.493 e. The van der Waals surface area contributed by atoms with Crippen LogP contribution in [0.2, 0.25) is 0 Å². The number of methoxy groups -OCH3 is 1. The van der Waals surface area contributed by atoms with Crippen LogP contribution >= 0.6 is 0 Å². The normalized spacial score (nSPS) is 12.4. The summed E-state index contributed by atoms with van der Waals surface area (Å²) >= 11 is 0. The summed E-state index contributed by atoms with van der Waals surface area (Å²) < 4.78 is 103. The predicted molar refractivity (Wildman–Crippen MR) is 147 cm³/mol. The van der Waals surface area contributed by atoms with Gasteiger partial charge in [0.15, 0.2) is 9.84 Å². The van der Waals surface area contributed by atoms with E-state index in [1.807, 2.05) is 18.7 Å². The molecule has 3 aromatic rings. The first-order valence-corrected chi connectivity index (χ1v) is 14.8. The number of nitrogens with zero attached hydrogens (tertiary/aromatic N) is 1. The first-order chi connectivity index (χ1) is 19.5. The van der Waals surface area contributed by atoms with Gasteiger partial charge < -0.3 is 9.47 Å². The zero-order valence-corrected chi connectivity index (χ0v) is 24.4. The second-order valence-corrected chi connectivity index (χ2v) is 12.5. The fourth-order valence-electron chi connectivity index (χ4n) is 4.58. The quantitative estimate of drug-likeness (QED) is 0.133. The average molecular weight is 614 g/mol. The Morgan fingerprint density at radius 3 is 2.21 bits per heavy atom. The van der Waals surface area contributed by atoms with Gasteiger partial charge in [-0.05, 0) is 41.8 Å². The molecule has 0 radical (unpaired) electrons. The molecule has 0 fully saturated rings. The molecule has 0 bridgehead atoms. The van der Waals surface area contributed by atoms with Crippen LogP contribution in [0.3, 0.4) is 0 Å². The van der Waals surface area contributed by atoms with Crippen molar-refractivity contribution in [3.05, 3.63) is 94.6 Å². The van der Waals surface area contributed by atoms with Gasteiger partial charge in [0.25, 0.3) is 0 Å². The SMILES string of the molecule is COC(=O)c1c(F)cc(OCCCN(Cc2cccc(C(F)(F)F)c2)CC(C)(C)c2ccc(F)cc2)cc1S(C)(=O)=O. The maximum Gasteiger partial charge on any atom is 0.416 e. The van der Waals surface area contributed by atoms with Gasteiger partial charge in [0, 0.05) is 37.4 Å². The Morgan fingerprint density at radius 1 is 0.952 bits per heavy atom. The maximum atomic E-state index is 14.7. The molecule has 228 valence electrons. The molecule has 0 saturated heterocycles. The van der Waals surface area contributed by atoms with E-state index in [4.69, 9.17) is 4.74 Å². The van der Waals surface area contributed by atoms with E-state index in [1.54, 1.807) is 18.2 Å². The number of hydrogen-bond acceptors (Lipinski definition) is 6. The number of carbonyl (C=O) groups is 1. The number of benzene rings is 3. The molecular weight excluding hydrogens is 581 g/mol. The molecule has 12 heteroatoms. The second kappa shape index (κ2) is 13.2. The number of rotatable bonds is 12. The van der Waals surface area contributed by atoms with Crippen molar-refractivity contribution in [1.29, 1.82) is 0 Å². The first-order valence-electron chi connectivity index (χ1n) is 12.9. The predicted octanol–water partition coefficient (Wildman–Crippen LogP) is 6.42. The molecule has 6 nitrogen and oxygen atoms in total. The molecule has 0 amide bonds.